The molecule has 2 rings (SSSR count). The Morgan fingerprint density at radius 2 is 2.38 bits per heavy atom. The number of oxazole rings is 1. The van der Waals surface area contributed by atoms with Gasteiger partial charge >= 0.3 is 0 Å². The molecule has 3 nitrogen and oxygen atoms in total. The van der Waals surface area contributed by atoms with E-state index in [0.29, 0.717) is 11.7 Å². The second-order valence-corrected chi connectivity index (χ2v) is 3.99. The van der Waals surface area contributed by atoms with Crippen LogP contribution in [-0.2, 0) is 6.61 Å². The molecule has 68 valence electrons. The zero-order valence-electron chi connectivity index (χ0n) is 7.15. The third kappa shape index (κ3) is 1.64. The van der Waals surface area contributed by atoms with Gasteiger partial charge in [-0.15, -0.1) is 11.3 Å². The third-order valence-corrected chi connectivity index (χ3v) is 2.65. The van der Waals surface area contributed by atoms with Gasteiger partial charge < -0.3 is 9.52 Å². The Labute approximate surface area is 79.7 Å². The van der Waals surface area contributed by atoms with Gasteiger partial charge in [0.15, 0.2) is 0 Å². The second-order valence-electron chi connectivity index (χ2n) is 2.70. The fourth-order valence-electron chi connectivity index (χ4n) is 1.04. The number of thiophene rings is 1. The van der Waals surface area contributed by atoms with E-state index in [2.05, 4.69) is 4.98 Å². The fraction of sp³-hybridized carbons (Fsp3) is 0.222. The lowest BCUT2D eigenvalue weighted by Gasteiger charge is -1.87. The first-order valence-electron chi connectivity index (χ1n) is 3.92. The van der Waals surface area contributed by atoms with Crippen LogP contribution < -0.4 is 0 Å². The number of hydrogen-bond acceptors (Lipinski definition) is 4. The third-order valence-electron chi connectivity index (χ3n) is 1.66. The smallest absolute Gasteiger partial charge is 0.236 e. The zero-order valence-corrected chi connectivity index (χ0v) is 7.97. The lowest BCUT2D eigenvalue weighted by molar-refractivity contribution is 0.249. The van der Waals surface area contributed by atoms with Gasteiger partial charge in [-0.1, -0.05) is 0 Å². The topological polar surface area (TPSA) is 46.3 Å². The highest BCUT2D eigenvalue weighted by atomic mass is 32.1. The molecule has 0 atom stereocenters. The van der Waals surface area contributed by atoms with Gasteiger partial charge in [-0.3, -0.25) is 0 Å². The van der Waals surface area contributed by atoms with Crippen molar-refractivity contribution in [3.8, 4) is 10.8 Å². The van der Waals surface area contributed by atoms with Crippen molar-refractivity contribution in [2.24, 2.45) is 0 Å². The van der Waals surface area contributed by atoms with Crippen LogP contribution in [0.4, 0.5) is 0 Å². The first-order chi connectivity index (χ1) is 6.29. The Morgan fingerprint density at radius 1 is 1.54 bits per heavy atom. The van der Waals surface area contributed by atoms with Gasteiger partial charge in [0.05, 0.1) is 11.1 Å². The molecule has 0 saturated heterocycles. The summed E-state index contributed by atoms with van der Waals surface area (Å²) in [6.07, 6.45) is 1.55. The summed E-state index contributed by atoms with van der Waals surface area (Å²) in [5.41, 5.74) is 0. The van der Waals surface area contributed by atoms with Gasteiger partial charge in [0.2, 0.25) is 5.89 Å². The summed E-state index contributed by atoms with van der Waals surface area (Å²) >= 11 is 1.63. The van der Waals surface area contributed by atoms with E-state index in [9.17, 15) is 0 Å². The standard InChI is InChI=1S/C9H9NO2S/c1-6-2-3-8(13-6)9-10-4-7(5-11)12-9/h2-4,11H,5H2,1H3. The second kappa shape index (κ2) is 3.32. The molecule has 0 radical (unpaired) electrons. The molecule has 0 amide bonds. The maximum absolute atomic E-state index is 8.77. The van der Waals surface area contributed by atoms with Gasteiger partial charge in [0, 0.05) is 4.88 Å². The number of rotatable bonds is 2. The molecule has 0 aromatic carbocycles. The Bertz CT molecular complexity index is 405. The highest BCUT2D eigenvalue weighted by Gasteiger charge is 2.07. The molecule has 1 N–H and O–H groups in total. The summed E-state index contributed by atoms with van der Waals surface area (Å²) in [7, 11) is 0. The molecule has 4 heteroatoms. The van der Waals surface area contributed by atoms with Crippen molar-refractivity contribution >= 4 is 11.3 Å². The van der Waals surface area contributed by atoms with E-state index < -0.39 is 0 Å². The van der Waals surface area contributed by atoms with Gasteiger partial charge in [-0.05, 0) is 19.1 Å². The van der Waals surface area contributed by atoms with E-state index >= 15 is 0 Å². The highest BCUT2D eigenvalue weighted by molar-refractivity contribution is 7.15. The maximum atomic E-state index is 8.77. The van der Waals surface area contributed by atoms with Crippen LogP contribution in [0.5, 0.6) is 0 Å². The Hall–Kier alpha value is -1.13. The van der Waals surface area contributed by atoms with Gasteiger partial charge in [0.1, 0.15) is 12.4 Å². The van der Waals surface area contributed by atoms with Gasteiger partial charge in [0.25, 0.3) is 0 Å². The zero-order chi connectivity index (χ0) is 9.26. The Kier molecular flexibility index (Phi) is 2.16. The molecule has 13 heavy (non-hydrogen) atoms. The number of hydrogen-bond donors (Lipinski definition) is 1. The molecule has 0 unspecified atom stereocenters. The normalized spacial score (nSPS) is 10.6. The lowest BCUT2D eigenvalue weighted by Crippen LogP contribution is -1.73. The Morgan fingerprint density at radius 3 is 2.92 bits per heavy atom. The van der Waals surface area contributed by atoms with Crippen LogP contribution in [0, 0.1) is 6.92 Å². The van der Waals surface area contributed by atoms with Crippen molar-refractivity contribution in [3.05, 3.63) is 29.0 Å². The molecular formula is C9H9NO2S. The summed E-state index contributed by atoms with van der Waals surface area (Å²) in [6, 6.07) is 3.98. The summed E-state index contributed by atoms with van der Waals surface area (Å²) < 4.78 is 5.28. The lowest BCUT2D eigenvalue weighted by atomic mass is 10.4. The van der Waals surface area contributed by atoms with Crippen LogP contribution in [0.15, 0.2) is 22.7 Å². The number of nitrogens with zero attached hydrogens (tertiary/aromatic N) is 1. The number of aliphatic hydroxyl groups excluding tert-OH is 1. The first kappa shape index (κ1) is 8.47. The molecule has 0 spiro atoms. The van der Waals surface area contributed by atoms with Crippen molar-refractivity contribution < 1.29 is 9.52 Å². The van der Waals surface area contributed by atoms with E-state index in [1.54, 1.807) is 17.5 Å². The average Bonchev–Trinajstić information content (AvgIpc) is 2.71. The number of aromatic nitrogens is 1. The minimum Gasteiger partial charge on any atom is -0.438 e. The molecule has 2 aromatic heterocycles. The van der Waals surface area contributed by atoms with Crippen molar-refractivity contribution in [1.29, 1.82) is 0 Å². The van der Waals surface area contributed by atoms with E-state index in [-0.39, 0.29) is 6.61 Å². The van der Waals surface area contributed by atoms with Crippen molar-refractivity contribution in [2.45, 2.75) is 13.5 Å². The number of aryl methyl sites for hydroxylation is 1. The molecule has 0 aliphatic carbocycles. The van der Waals surface area contributed by atoms with E-state index in [0.717, 1.165) is 4.88 Å². The maximum Gasteiger partial charge on any atom is 0.236 e. The van der Waals surface area contributed by atoms with Crippen LogP contribution in [0.3, 0.4) is 0 Å². The molecule has 0 aliphatic heterocycles. The molecule has 0 bridgehead atoms. The van der Waals surface area contributed by atoms with Gasteiger partial charge in [-0.2, -0.15) is 0 Å². The number of aliphatic hydroxyl groups is 1. The minimum absolute atomic E-state index is 0.0998. The quantitative estimate of drug-likeness (QED) is 0.799. The van der Waals surface area contributed by atoms with Crippen molar-refractivity contribution in [3.63, 3.8) is 0 Å². The summed E-state index contributed by atoms with van der Waals surface area (Å²) in [5.74, 6) is 1.09. The van der Waals surface area contributed by atoms with E-state index in [4.69, 9.17) is 9.52 Å². The van der Waals surface area contributed by atoms with Crippen LogP contribution in [0.1, 0.15) is 10.6 Å². The molecule has 0 saturated carbocycles. The van der Waals surface area contributed by atoms with E-state index in [1.165, 1.54) is 4.88 Å². The van der Waals surface area contributed by atoms with Crippen molar-refractivity contribution in [1.82, 2.24) is 4.98 Å². The van der Waals surface area contributed by atoms with Crippen LogP contribution in [0.2, 0.25) is 0 Å². The fourth-order valence-corrected chi connectivity index (χ4v) is 1.84. The molecular weight excluding hydrogens is 186 g/mol. The molecule has 0 fully saturated rings. The van der Waals surface area contributed by atoms with E-state index in [1.807, 2.05) is 19.1 Å². The summed E-state index contributed by atoms with van der Waals surface area (Å²) in [4.78, 5) is 6.27. The average molecular weight is 195 g/mol. The van der Waals surface area contributed by atoms with Crippen LogP contribution in [-0.4, -0.2) is 10.1 Å². The monoisotopic (exact) mass is 195 g/mol. The predicted molar refractivity (Wildman–Crippen MR) is 50.5 cm³/mol. The Balaban J connectivity index is 2.35. The molecule has 0 aliphatic rings. The SMILES string of the molecule is Cc1ccc(-c2ncc(CO)o2)s1. The summed E-state index contributed by atoms with van der Waals surface area (Å²) in [6.45, 7) is 1.93. The largest absolute Gasteiger partial charge is 0.438 e. The van der Waals surface area contributed by atoms with Crippen LogP contribution >= 0.6 is 11.3 Å². The molecule has 2 heterocycles. The predicted octanol–water partition coefficient (Wildman–Crippen LogP) is 2.20. The van der Waals surface area contributed by atoms with Crippen molar-refractivity contribution in [2.75, 3.05) is 0 Å². The van der Waals surface area contributed by atoms with Gasteiger partial charge in [-0.25, -0.2) is 4.98 Å². The van der Waals surface area contributed by atoms with Crippen LogP contribution in [0.25, 0.3) is 10.8 Å². The first-order valence-corrected chi connectivity index (χ1v) is 4.73. The molecule has 2 aromatic rings. The minimum atomic E-state index is -0.0998. The highest BCUT2D eigenvalue weighted by Crippen LogP contribution is 2.26. The summed E-state index contributed by atoms with van der Waals surface area (Å²) in [5, 5.41) is 8.77.